The summed E-state index contributed by atoms with van der Waals surface area (Å²) in [5, 5.41) is 10.9. The monoisotopic (exact) mass is 236 g/mol. The number of aromatic nitrogens is 2. The number of aromatic amines is 1. The van der Waals surface area contributed by atoms with Crippen molar-refractivity contribution >= 4 is 0 Å². The third kappa shape index (κ3) is 3.30. The highest BCUT2D eigenvalue weighted by Crippen LogP contribution is 2.22. The molecule has 17 heavy (non-hydrogen) atoms. The highest BCUT2D eigenvalue weighted by atomic mass is 15.2. The van der Waals surface area contributed by atoms with Crippen LogP contribution in [0.1, 0.15) is 36.2 Å². The predicted octanol–water partition coefficient (Wildman–Crippen LogP) is 1.33. The molecule has 1 heterocycles. The Bertz CT molecular complexity index is 345. The fourth-order valence-corrected chi connectivity index (χ4v) is 2.49. The maximum Gasteiger partial charge on any atom is 0.0796 e. The zero-order valence-electron chi connectivity index (χ0n) is 11.1. The Morgan fingerprint density at radius 3 is 2.94 bits per heavy atom. The van der Waals surface area contributed by atoms with Gasteiger partial charge in [-0.3, -0.25) is 10.00 Å². The zero-order chi connectivity index (χ0) is 12.1. The average molecular weight is 236 g/mol. The summed E-state index contributed by atoms with van der Waals surface area (Å²) in [6.45, 7) is 3.06. The minimum atomic E-state index is 0.966. The number of likely N-dealkylation sites (N-methyl/N-ethyl adjacent to an activating group) is 2. The van der Waals surface area contributed by atoms with Crippen LogP contribution >= 0.6 is 0 Å². The molecule has 1 aromatic rings. The van der Waals surface area contributed by atoms with Crippen LogP contribution in [0.3, 0.4) is 0 Å². The van der Waals surface area contributed by atoms with E-state index in [9.17, 15) is 0 Å². The summed E-state index contributed by atoms with van der Waals surface area (Å²) in [4.78, 5) is 2.33. The summed E-state index contributed by atoms with van der Waals surface area (Å²) in [7, 11) is 4.16. The van der Waals surface area contributed by atoms with Crippen molar-refractivity contribution in [3.63, 3.8) is 0 Å². The van der Waals surface area contributed by atoms with E-state index in [4.69, 9.17) is 0 Å². The summed E-state index contributed by atoms with van der Waals surface area (Å²) in [6.07, 6.45) is 6.38. The van der Waals surface area contributed by atoms with E-state index in [0.29, 0.717) is 0 Å². The van der Waals surface area contributed by atoms with Crippen LogP contribution in [-0.2, 0) is 19.4 Å². The maximum atomic E-state index is 4.50. The van der Waals surface area contributed by atoms with Crippen LogP contribution in [0.4, 0.5) is 0 Å². The summed E-state index contributed by atoms with van der Waals surface area (Å²) in [5.74, 6) is 0. The molecule has 96 valence electrons. The predicted molar refractivity (Wildman–Crippen MR) is 70.1 cm³/mol. The number of nitrogens with one attached hydrogen (secondary N) is 2. The van der Waals surface area contributed by atoms with E-state index in [0.717, 1.165) is 19.6 Å². The van der Waals surface area contributed by atoms with Crippen LogP contribution in [-0.4, -0.2) is 42.3 Å². The Hall–Kier alpha value is -0.870. The minimum absolute atomic E-state index is 0.966. The van der Waals surface area contributed by atoms with E-state index >= 15 is 0 Å². The molecule has 0 spiro atoms. The van der Waals surface area contributed by atoms with Crippen molar-refractivity contribution in [1.82, 2.24) is 20.4 Å². The molecule has 2 rings (SSSR count). The largest absolute Gasteiger partial charge is 0.318 e. The maximum absolute atomic E-state index is 4.50. The first-order valence-electron chi connectivity index (χ1n) is 6.69. The zero-order valence-corrected chi connectivity index (χ0v) is 11.1. The lowest BCUT2D eigenvalue weighted by molar-refractivity contribution is 0.323. The lowest BCUT2D eigenvalue weighted by Crippen LogP contribution is -2.27. The van der Waals surface area contributed by atoms with Crippen molar-refractivity contribution in [2.24, 2.45) is 0 Å². The third-order valence-electron chi connectivity index (χ3n) is 3.56. The van der Waals surface area contributed by atoms with Crippen LogP contribution in [0, 0.1) is 0 Å². The van der Waals surface area contributed by atoms with Gasteiger partial charge in [0.25, 0.3) is 0 Å². The molecule has 0 saturated heterocycles. The highest BCUT2D eigenvalue weighted by Gasteiger charge is 2.16. The molecule has 0 aromatic carbocycles. The van der Waals surface area contributed by atoms with E-state index in [1.54, 1.807) is 0 Å². The quantitative estimate of drug-likeness (QED) is 0.758. The summed E-state index contributed by atoms with van der Waals surface area (Å²) < 4.78 is 0. The third-order valence-corrected chi connectivity index (χ3v) is 3.56. The van der Waals surface area contributed by atoms with Crippen molar-refractivity contribution in [1.29, 1.82) is 0 Å². The van der Waals surface area contributed by atoms with E-state index in [1.807, 2.05) is 7.05 Å². The van der Waals surface area contributed by atoms with Crippen LogP contribution in [0.25, 0.3) is 0 Å². The second-order valence-corrected chi connectivity index (χ2v) is 5.03. The van der Waals surface area contributed by atoms with Crippen LogP contribution in [0.5, 0.6) is 0 Å². The first kappa shape index (κ1) is 12.6. The van der Waals surface area contributed by atoms with Gasteiger partial charge in [0.05, 0.1) is 5.69 Å². The molecular weight excluding hydrogens is 212 g/mol. The molecule has 0 radical (unpaired) electrons. The molecule has 0 atom stereocenters. The van der Waals surface area contributed by atoms with E-state index in [1.165, 1.54) is 49.1 Å². The van der Waals surface area contributed by atoms with Gasteiger partial charge in [-0.2, -0.15) is 5.10 Å². The molecule has 1 aliphatic carbocycles. The number of fused-ring (bicyclic) bond motifs is 1. The molecule has 0 aliphatic heterocycles. The summed E-state index contributed by atoms with van der Waals surface area (Å²) >= 11 is 0. The van der Waals surface area contributed by atoms with E-state index < -0.39 is 0 Å². The highest BCUT2D eigenvalue weighted by molar-refractivity contribution is 5.26. The fraction of sp³-hybridized carbons (Fsp3) is 0.769. The molecule has 0 unspecified atom stereocenters. The summed E-state index contributed by atoms with van der Waals surface area (Å²) in [5.41, 5.74) is 4.15. The second kappa shape index (κ2) is 6.17. The number of H-pyrrole nitrogens is 1. The molecule has 0 bridgehead atoms. The lowest BCUT2D eigenvalue weighted by Gasteiger charge is -2.15. The van der Waals surface area contributed by atoms with Gasteiger partial charge in [0, 0.05) is 25.3 Å². The first-order chi connectivity index (χ1) is 8.31. The first-order valence-corrected chi connectivity index (χ1v) is 6.69. The molecule has 0 fully saturated rings. The van der Waals surface area contributed by atoms with Crippen molar-refractivity contribution < 1.29 is 0 Å². The molecule has 0 saturated carbocycles. The average Bonchev–Trinajstić information content (AvgIpc) is 2.57. The molecule has 0 amide bonds. The van der Waals surface area contributed by atoms with Gasteiger partial charge in [0.2, 0.25) is 0 Å². The molecule has 1 aromatic heterocycles. The smallest absolute Gasteiger partial charge is 0.0796 e. The van der Waals surface area contributed by atoms with Crippen molar-refractivity contribution in [3.8, 4) is 0 Å². The Kier molecular flexibility index (Phi) is 4.57. The number of hydrogen-bond donors (Lipinski definition) is 2. The topological polar surface area (TPSA) is 44.0 Å². The van der Waals surface area contributed by atoms with E-state index in [-0.39, 0.29) is 0 Å². The Morgan fingerprint density at radius 1 is 1.29 bits per heavy atom. The van der Waals surface area contributed by atoms with Crippen LogP contribution in [0.15, 0.2) is 0 Å². The molecule has 4 nitrogen and oxygen atoms in total. The second-order valence-electron chi connectivity index (χ2n) is 5.03. The van der Waals surface area contributed by atoms with Gasteiger partial charge in [0.1, 0.15) is 0 Å². The van der Waals surface area contributed by atoms with Crippen LogP contribution < -0.4 is 5.32 Å². The number of aryl methyl sites for hydroxylation is 1. The van der Waals surface area contributed by atoms with Gasteiger partial charge >= 0.3 is 0 Å². The Morgan fingerprint density at radius 2 is 2.12 bits per heavy atom. The normalized spacial score (nSPS) is 15.9. The van der Waals surface area contributed by atoms with Gasteiger partial charge in [0.15, 0.2) is 0 Å². The Balaban J connectivity index is 1.98. The van der Waals surface area contributed by atoms with Crippen LogP contribution in [0.2, 0.25) is 0 Å². The minimum Gasteiger partial charge on any atom is -0.318 e. The number of rotatable bonds is 5. The molecular formula is C13H24N4. The Labute approximate surface area is 104 Å². The fourth-order valence-electron chi connectivity index (χ4n) is 2.49. The number of hydrogen-bond acceptors (Lipinski definition) is 3. The van der Waals surface area contributed by atoms with Crippen molar-refractivity contribution in [2.45, 2.75) is 38.6 Å². The lowest BCUT2D eigenvalue weighted by atomic mass is 10.1. The van der Waals surface area contributed by atoms with E-state index in [2.05, 4.69) is 27.5 Å². The number of nitrogens with zero attached hydrogens (tertiary/aromatic N) is 2. The molecule has 1 aliphatic rings. The molecule has 4 heteroatoms. The summed E-state index contributed by atoms with van der Waals surface area (Å²) in [6, 6.07) is 0. The van der Waals surface area contributed by atoms with Crippen molar-refractivity contribution in [3.05, 3.63) is 17.0 Å². The van der Waals surface area contributed by atoms with Gasteiger partial charge in [-0.25, -0.2) is 0 Å². The standard InChI is InChI=1S/C13H24N4/c1-14-8-9-17(2)10-13-11-6-4-3-5-7-12(11)15-16-13/h14H,3-10H2,1-2H3,(H,15,16). The van der Waals surface area contributed by atoms with Crippen molar-refractivity contribution in [2.75, 3.05) is 27.2 Å². The SMILES string of the molecule is CNCCN(C)Cc1n[nH]c2c1CCCCC2. The van der Waals surface area contributed by atoms with Gasteiger partial charge in [-0.05, 0) is 45.3 Å². The van der Waals surface area contributed by atoms with Gasteiger partial charge in [-0.15, -0.1) is 0 Å². The van der Waals surface area contributed by atoms with Gasteiger partial charge < -0.3 is 5.32 Å². The van der Waals surface area contributed by atoms with Gasteiger partial charge in [-0.1, -0.05) is 6.42 Å². The molecule has 2 N–H and O–H groups in total.